The molecule has 1 aromatic carbocycles. The van der Waals surface area contributed by atoms with Gasteiger partial charge in [-0.15, -0.1) is 0 Å². The van der Waals surface area contributed by atoms with Crippen LogP contribution in [-0.4, -0.2) is 27.2 Å². The molecule has 2 atom stereocenters. The van der Waals surface area contributed by atoms with Crippen molar-refractivity contribution in [3.05, 3.63) is 30.3 Å². The predicted octanol–water partition coefficient (Wildman–Crippen LogP) is 1.14. The lowest BCUT2D eigenvalue weighted by atomic mass is 10.2. The molecule has 0 amide bonds. The standard InChI is InChI=1S/C11H15NO3S/c1-9-11(7-8-15-9)12-16(13,14)10-5-3-2-4-6-10/h2-6,9,11-12H,7-8H2,1H3. The molecule has 1 aromatic rings. The number of hydrogen-bond donors (Lipinski definition) is 1. The minimum Gasteiger partial charge on any atom is -0.377 e. The van der Waals surface area contributed by atoms with Crippen molar-refractivity contribution < 1.29 is 13.2 Å². The molecule has 16 heavy (non-hydrogen) atoms. The third kappa shape index (κ3) is 2.42. The van der Waals surface area contributed by atoms with E-state index in [0.29, 0.717) is 11.5 Å². The monoisotopic (exact) mass is 241 g/mol. The summed E-state index contributed by atoms with van der Waals surface area (Å²) in [5.41, 5.74) is 0. The van der Waals surface area contributed by atoms with Crippen molar-refractivity contribution in [2.45, 2.75) is 30.4 Å². The van der Waals surface area contributed by atoms with Crippen molar-refractivity contribution in [1.29, 1.82) is 0 Å². The molecule has 88 valence electrons. The van der Waals surface area contributed by atoms with Gasteiger partial charge in [0.1, 0.15) is 0 Å². The summed E-state index contributed by atoms with van der Waals surface area (Å²) < 4.78 is 31.9. The molecule has 5 heteroatoms. The van der Waals surface area contributed by atoms with Gasteiger partial charge in [0.2, 0.25) is 10.0 Å². The molecule has 1 aliphatic heterocycles. The maximum atomic E-state index is 12.0. The van der Waals surface area contributed by atoms with Gasteiger partial charge in [-0.1, -0.05) is 18.2 Å². The Morgan fingerprint density at radius 2 is 2.00 bits per heavy atom. The van der Waals surface area contributed by atoms with Crippen LogP contribution >= 0.6 is 0 Å². The summed E-state index contributed by atoms with van der Waals surface area (Å²) in [5.74, 6) is 0. The number of ether oxygens (including phenoxy) is 1. The zero-order valence-electron chi connectivity index (χ0n) is 9.09. The van der Waals surface area contributed by atoms with E-state index in [1.54, 1.807) is 30.3 Å². The first-order valence-corrected chi connectivity index (χ1v) is 6.77. The van der Waals surface area contributed by atoms with Crippen molar-refractivity contribution >= 4 is 10.0 Å². The number of benzene rings is 1. The minimum atomic E-state index is -3.41. The summed E-state index contributed by atoms with van der Waals surface area (Å²) in [6.45, 7) is 2.49. The van der Waals surface area contributed by atoms with Gasteiger partial charge in [0, 0.05) is 6.61 Å². The fraction of sp³-hybridized carbons (Fsp3) is 0.455. The van der Waals surface area contributed by atoms with E-state index in [1.807, 2.05) is 6.92 Å². The van der Waals surface area contributed by atoms with Crippen LogP contribution in [0.15, 0.2) is 35.2 Å². The summed E-state index contributed by atoms with van der Waals surface area (Å²) >= 11 is 0. The van der Waals surface area contributed by atoms with E-state index in [9.17, 15) is 8.42 Å². The predicted molar refractivity (Wildman–Crippen MR) is 60.6 cm³/mol. The van der Waals surface area contributed by atoms with Gasteiger partial charge in [0.25, 0.3) is 0 Å². The topological polar surface area (TPSA) is 55.4 Å². The minimum absolute atomic E-state index is 0.0570. The van der Waals surface area contributed by atoms with Crippen molar-refractivity contribution in [3.63, 3.8) is 0 Å². The Kier molecular flexibility index (Phi) is 3.28. The van der Waals surface area contributed by atoms with Crippen molar-refractivity contribution in [2.24, 2.45) is 0 Å². The van der Waals surface area contributed by atoms with Gasteiger partial charge in [-0.25, -0.2) is 13.1 Å². The van der Waals surface area contributed by atoms with E-state index < -0.39 is 10.0 Å². The highest BCUT2D eigenvalue weighted by Gasteiger charge is 2.28. The average molecular weight is 241 g/mol. The molecule has 0 saturated carbocycles. The second-order valence-corrected chi connectivity index (χ2v) is 5.62. The lowest BCUT2D eigenvalue weighted by Gasteiger charge is -2.16. The number of hydrogen-bond acceptors (Lipinski definition) is 3. The summed E-state index contributed by atoms with van der Waals surface area (Å²) in [6, 6.07) is 8.27. The van der Waals surface area contributed by atoms with Crippen molar-refractivity contribution in [3.8, 4) is 0 Å². The molecule has 0 bridgehead atoms. The smallest absolute Gasteiger partial charge is 0.240 e. The fourth-order valence-corrected chi connectivity index (χ4v) is 3.11. The summed E-state index contributed by atoms with van der Waals surface area (Å²) in [5, 5.41) is 0. The lowest BCUT2D eigenvalue weighted by molar-refractivity contribution is 0.117. The molecule has 0 spiro atoms. The van der Waals surface area contributed by atoms with Crippen LogP contribution in [0.3, 0.4) is 0 Å². The second-order valence-electron chi connectivity index (χ2n) is 3.91. The maximum absolute atomic E-state index is 12.0. The third-order valence-electron chi connectivity index (χ3n) is 2.74. The lowest BCUT2D eigenvalue weighted by Crippen LogP contribution is -2.39. The SMILES string of the molecule is CC1OCCC1NS(=O)(=O)c1ccccc1. The normalized spacial score (nSPS) is 25.8. The van der Waals surface area contributed by atoms with E-state index in [2.05, 4.69) is 4.72 Å². The Morgan fingerprint density at radius 3 is 2.56 bits per heavy atom. The van der Waals surface area contributed by atoms with Crippen LogP contribution < -0.4 is 4.72 Å². The van der Waals surface area contributed by atoms with E-state index in [1.165, 1.54) is 0 Å². The van der Waals surface area contributed by atoms with Gasteiger partial charge in [-0.3, -0.25) is 0 Å². The molecule has 4 nitrogen and oxygen atoms in total. The van der Waals surface area contributed by atoms with Crippen LogP contribution in [-0.2, 0) is 14.8 Å². The first-order valence-electron chi connectivity index (χ1n) is 5.28. The van der Waals surface area contributed by atoms with Crippen LogP contribution in [0.25, 0.3) is 0 Å². The van der Waals surface area contributed by atoms with E-state index >= 15 is 0 Å². The Hall–Kier alpha value is -0.910. The molecule has 2 rings (SSSR count). The zero-order chi connectivity index (χ0) is 11.6. The largest absolute Gasteiger partial charge is 0.377 e. The van der Waals surface area contributed by atoms with Gasteiger partial charge in [-0.2, -0.15) is 0 Å². The first-order chi connectivity index (χ1) is 7.59. The molecule has 1 saturated heterocycles. The molecule has 0 radical (unpaired) electrons. The molecule has 2 unspecified atom stereocenters. The molecule has 0 aromatic heterocycles. The number of sulfonamides is 1. The summed E-state index contributed by atoms with van der Waals surface area (Å²) in [4.78, 5) is 0.300. The summed E-state index contributed by atoms with van der Waals surface area (Å²) in [6.07, 6.45) is 0.672. The Morgan fingerprint density at radius 1 is 1.31 bits per heavy atom. The highest BCUT2D eigenvalue weighted by atomic mass is 32.2. The third-order valence-corrected chi connectivity index (χ3v) is 4.24. The van der Waals surface area contributed by atoms with Crippen LogP contribution in [0.4, 0.5) is 0 Å². The van der Waals surface area contributed by atoms with Gasteiger partial charge in [0.05, 0.1) is 17.0 Å². The van der Waals surface area contributed by atoms with Crippen LogP contribution in [0.5, 0.6) is 0 Å². The van der Waals surface area contributed by atoms with E-state index in [-0.39, 0.29) is 12.1 Å². The van der Waals surface area contributed by atoms with Gasteiger partial charge in [-0.05, 0) is 25.5 Å². The summed E-state index contributed by atoms with van der Waals surface area (Å²) in [7, 11) is -3.41. The van der Waals surface area contributed by atoms with Gasteiger partial charge in [0.15, 0.2) is 0 Å². The average Bonchev–Trinajstić information content (AvgIpc) is 2.65. The molecule has 1 heterocycles. The quantitative estimate of drug-likeness (QED) is 0.863. The zero-order valence-corrected chi connectivity index (χ0v) is 9.91. The van der Waals surface area contributed by atoms with Crippen molar-refractivity contribution in [1.82, 2.24) is 4.72 Å². The Labute approximate surface area is 95.7 Å². The maximum Gasteiger partial charge on any atom is 0.240 e. The van der Waals surface area contributed by atoms with Crippen molar-refractivity contribution in [2.75, 3.05) is 6.61 Å². The molecule has 1 fully saturated rings. The molecule has 0 aliphatic carbocycles. The van der Waals surface area contributed by atoms with E-state index in [4.69, 9.17) is 4.74 Å². The molecular weight excluding hydrogens is 226 g/mol. The Balaban J connectivity index is 2.15. The number of rotatable bonds is 3. The number of nitrogens with one attached hydrogen (secondary N) is 1. The highest BCUT2D eigenvalue weighted by Crippen LogP contribution is 2.16. The Bertz CT molecular complexity index is 444. The molecular formula is C11H15NO3S. The van der Waals surface area contributed by atoms with Crippen LogP contribution in [0, 0.1) is 0 Å². The highest BCUT2D eigenvalue weighted by molar-refractivity contribution is 7.89. The first kappa shape index (κ1) is 11.6. The van der Waals surface area contributed by atoms with E-state index in [0.717, 1.165) is 6.42 Å². The van der Waals surface area contributed by atoms with Crippen LogP contribution in [0.2, 0.25) is 0 Å². The fourth-order valence-electron chi connectivity index (χ4n) is 1.75. The molecule has 1 aliphatic rings. The van der Waals surface area contributed by atoms with Gasteiger partial charge >= 0.3 is 0 Å². The van der Waals surface area contributed by atoms with Gasteiger partial charge < -0.3 is 4.74 Å². The second kappa shape index (κ2) is 4.53. The molecule has 1 N–H and O–H groups in total. The van der Waals surface area contributed by atoms with Crippen LogP contribution in [0.1, 0.15) is 13.3 Å².